The summed E-state index contributed by atoms with van der Waals surface area (Å²) in [5.74, 6) is -3.25. The van der Waals surface area contributed by atoms with Crippen LogP contribution in [-0.2, 0) is 49.5 Å². The lowest BCUT2D eigenvalue weighted by atomic mass is 9.98. The topological polar surface area (TPSA) is 172 Å². The highest BCUT2D eigenvalue weighted by Crippen LogP contribution is 2.38. The van der Waals surface area contributed by atoms with Crippen LogP contribution >= 0.6 is 0 Å². The van der Waals surface area contributed by atoms with Crippen LogP contribution in [0.1, 0.15) is 33.3 Å². The van der Waals surface area contributed by atoms with Crippen LogP contribution in [0.15, 0.2) is 57.7 Å². The number of ether oxygens (including phenoxy) is 8. The maximum atomic E-state index is 13.4. The molecule has 5 atom stereocenters. The zero-order valence-electron chi connectivity index (χ0n) is 25.1. The molecule has 2 aromatic carbocycles. The highest BCUT2D eigenvalue weighted by Gasteiger charge is 2.53. The molecule has 1 fully saturated rings. The molecule has 14 nitrogen and oxygen atoms in total. The largest absolute Gasteiger partial charge is 0.497 e. The van der Waals surface area contributed by atoms with Crippen molar-refractivity contribution in [3.05, 3.63) is 64.5 Å². The molecule has 1 aliphatic heterocycles. The predicted molar refractivity (Wildman–Crippen MR) is 152 cm³/mol. The first-order valence-electron chi connectivity index (χ1n) is 13.8. The Bertz CT molecular complexity index is 1600. The quantitative estimate of drug-likeness (QED) is 0.172. The van der Waals surface area contributed by atoms with Crippen molar-refractivity contribution in [3.63, 3.8) is 0 Å². The Morgan fingerprint density at radius 2 is 1.42 bits per heavy atom. The summed E-state index contributed by atoms with van der Waals surface area (Å²) in [5.41, 5.74) is -0.103. The number of carbonyl (C=O) groups is 4. The maximum absolute atomic E-state index is 13.4. The van der Waals surface area contributed by atoms with E-state index in [1.54, 1.807) is 12.1 Å². The molecule has 240 valence electrons. The number of benzene rings is 2. The van der Waals surface area contributed by atoms with Gasteiger partial charge in [0.2, 0.25) is 12.4 Å². The normalized spacial score (nSPS) is 20.9. The van der Waals surface area contributed by atoms with Crippen LogP contribution in [-0.4, -0.2) is 68.3 Å². The van der Waals surface area contributed by atoms with Crippen molar-refractivity contribution in [1.29, 1.82) is 0 Å². The maximum Gasteiger partial charge on any atom is 0.383 e. The summed E-state index contributed by atoms with van der Waals surface area (Å²) >= 11 is 0. The van der Waals surface area contributed by atoms with E-state index in [0.29, 0.717) is 11.1 Å². The molecule has 3 aromatic rings. The minimum absolute atomic E-state index is 0.0142. The summed E-state index contributed by atoms with van der Waals surface area (Å²) in [7, 11) is 1.45. The van der Waals surface area contributed by atoms with Gasteiger partial charge in [-0.2, -0.15) is 0 Å². The van der Waals surface area contributed by atoms with Gasteiger partial charge in [-0.3, -0.25) is 19.2 Å². The van der Waals surface area contributed by atoms with Gasteiger partial charge in [-0.05, 0) is 17.7 Å². The van der Waals surface area contributed by atoms with Crippen molar-refractivity contribution in [2.75, 3.05) is 13.7 Å². The highest BCUT2D eigenvalue weighted by molar-refractivity contribution is 5.86. The van der Waals surface area contributed by atoms with E-state index < -0.39 is 72.6 Å². The molecule has 1 aromatic heterocycles. The molecule has 0 aliphatic carbocycles. The summed E-state index contributed by atoms with van der Waals surface area (Å²) in [6, 6.07) is 13.8. The van der Waals surface area contributed by atoms with Crippen LogP contribution in [0, 0.1) is 0 Å². The first kappa shape index (κ1) is 32.8. The summed E-state index contributed by atoms with van der Waals surface area (Å²) in [6.45, 7) is 3.95. The molecule has 1 aliphatic rings. The van der Waals surface area contributed by atoms with Gasteiger partial charge in [0.1, 0.15) is 30.7 Å². The first-order chi connectivity index (χ1) is 21.5. The van der Waals surface area contributed by atoms with Crippen LogP contribution in [0.3, 0.4) is 0 Å². The monoisotopic (exact) mass is 628 g/mol. The van der Waals surface area contributed by atoms with Crippen molar-refractivity contribution in [1.82, 2.24) is 0 Å². The Morgan fingerprint density at radius 1 is 0.778 bits per heavy atom. The fourth-order valence-electron chi connectivity index (χ4n) is 4.64. The molecule has 45 heavy (non-hydrogen) atoms. The van der Waals surface area contributed by atoms with Crippen molar-refractivity contribution in [3.8, 4) is 17.2 Å². The van der Waals surface area contributed by atoms with Crippen molar-refractivity contribution in [2.24, 2.45) is 0 Å². The molecule has 0 saturated carbocycles. The van der Waals surface area contributed by atoms with Crippen molar-refractivity contribution < 1.29 is 61.5 Å². The number of fused-ring (bicyclic) bond motifs is 1. The number of hydrogen-bond donors (Lipinski definition) is 0. The summed E-state index contributed by atoms with van der Waals surface area (Å²) in [6.07, 6.45) is -7.51. The fraction of sp³-hybridized carbons (Fsp3) is 0.387. The van der Waals surface area contributed by atoms with E-state index in [9.17, 15) is 24.0 Å². The van der Waals surface area contributed by atoms with Crippen LogP contribution in [0.2, 0.25) is 0 Å². The van der Waals surface area contributed by atoms with Crippen molar-refractivity contribution in [2.45, 2.75) is 65.0 Å². The van der Waals surface area contributed by atoms with Gasteiger partial charge in [-0.25, -0.2) is 4.79 Å². The zero-order valence-corrected chi connectivity index (χ0v) is 25.1. The molecule has 0 unspecified atom stereocenters. The van der Waals surface area contributed by atoms with Crippen LogP contribution < -0.4 is 19.8 Å². The number of rotatable bonds is 11. The second-order valence-electron chi connectivity index (χ2n) is 9.87. The molecule has 0 bridgehead atoms. The summed E-state index contributed by atoms with van der Waals surface area (Å²) in [4.78, 5) is 61.5. The number of esters is 4. The molecule has 0 N–H and O–H groups in total. The third kappa shape index (κ3) is 8.29. The average Bonchev–Trinajstić information content (AvgIpc) is 2.98. The second kappa shape index (κ2) is 14.6. The summed E-state index contributed by atoms with van der Waals surface area (Å²) in [5, 5.41) is 0.326. The van der Waals surface area contributed by atoms with Crippen molar-refractivity contribution >= 4 is 34.8 Å². The van der Waals surface area contributed by atoms with E-state index in [1.807, 2.05) is 30.3 Å². The molecule has 0 spiro atoms. The SMILES string of the molecule is COc1ccc2c(OCc3ccccc3)c(O[C@@H]3O[C@H](COC(C)=O)[C@@H](OC(C)=O)[C@H](OC(C)=O)[C@H]3OC(C)=O)c(=O)oc2c1. The third-order valence-corrected chi connectivity index (χ3v) is 6.44. The number of hydrogen-bond acceptors (Lipinski definition) is 14. The van der Waals surface area contributed by atoms with E-state index >= 15 is 0 Å². The van der Waals surface area contributed by atoms with Crippen LogP contribution in [0.25, 0.3) is 11.0 Å². The third-order valence-electron chi connectivity index (χ3n) is 6.44. The first-order valence-corrected chi connectivity index (χ1v) is 13.8. The standard InChI is InChI=1S/C31H32O14/c1-16(32)38-15-24-26(40-17(2)33)27(41-18(3)34)29(42-19(4)35)31(44-24)45-28-25(39-14-20-9-7-6-8-10-20)22-12-11-21(37-5)13-23(22)43-30(28)36/h6-13,24,26-27,29,31H,14-15H2,1-5H3/t24-,26-,27+,29-,31+/m1/s1. The summed E-state index contributed by atoms with van der Waals surface area (Å²) < 4.78 is 50.3. The Kier molecular flexibility index (Phi) is 10.6. The number of methoxy groups -OCH3 is 1. The van der Waals surface area contributed by atoms with Gasteiger partial charge in [0.25, 0.3) is 5.75 Å². The van der Waals surface area contributed by atoms with Gasteiger partial charge >= 0.3 is 29.5 Å². The predicted octanol–water partition coefficient (Wildman–Crippen LogP) is 2.84. The second-order valence-corrected chi connectivity index (χ2v) is 9.87. The highest BCUT2D eigenvalue weighted by atomic mass is 16.7. The molecule has 4 rings (SSSR count). The molecule has 2 heterocycles. The lowest BCUT2D eigenvalue weighted by Gasteiger charge is -2.43. The van der Waals surface area contributed by atoms with Gasteiger partial charge < -0.3 is 42.3 Å². The molecule has 14 heteroatoms. The minimum Gasteiger partial charge on any atom is -0.497 e. The van der Waals surface area contributed by atoms with Crippen LogP contribution in [0.5, 0.6) is 17.2 Å². The minimum atomic E-state index is -1.69. The van der Waals surface area contributed by atoms with Gasteiger partial charge in [0.05, 0.1) is 12.5 Å². The molecular weight excluding hydrogens is 596 g/mol. The molecule has 0 radical (unpaired) electrons. The van der Waals surface area contributed by atoms with Gasteiger partial charge in [-0.1, -0.05) is 30.3 Å². The Balaban J connectivity index is 1.83. The zero-order chi connectivity index (χ0) is 32.7. The van der Waals surface area contributed by atoms with Gasteiger partial charge in [0, 0.05) is 33.8 Å². The molecular formula is C31H32O14. The average molecular weight is 629 g/mol. The van der Waals surface area contributed by atoms with E-state index in [-0.39, 0.29) is 17.9 Å². The van der Waals surface area contributed by atoms with E-state index in [1.165, 1.54) is 13.2 Å². The van der Waals surface area contributed by atoms with E-state index in [2.05, 4.69) is 0 Å². The van der Waals surface area contributed by atoms with E-state index in [4.69, 9.17) is 42.3 Å². The lowest BCUT2D eigenvalue weighted by Crippen LogP contribution is -2.63. The Morgan fingerprint density at radius 3 is 2.04 bits per heavy atom. The lowest BCUT2D eigenvalue weighted by molar-refractivity contribution is -0.289. The van der Waals surface area contributed by atoms with Gasteiger partial charge in [0.15, 0.2) is 18.0 Å². The Hall–Kier alpha value is -5.11. The van der Waals surface area contributed by atoms with Crippen LogP contribution in [0.4, 0.5) is 0 Å². The fourth-order valence-corrected chi connectivity index (χ4v) is 4.64. The smallest absolute Gasteiger partial charge is 0.383 e. The van der Waals surface area contributed by atoms with Gasteiger partial charge in [-0.15, -0.1) is 0 Å². The molecule has 0 amide bonds. The Labute approximate surface area is 257 Å². The van der Waals surface area contributed by atoms with E-state index in [0.717, 1.165) is 33.3 Å². The number of carbonyl (C=O) groups excluding carboxylic acids is 4. The molecule has 1 saturated heterocycles.